The standard InChI is InChI=1S/C60H49N5O8S/c1-37(40-14-6-3-7-15-40)61-59(70)64-48-33-26-39(23-22-38-24-29-44(71-2)30-25-38)36-46(48)60(57(64)69)50(55(67)63-58-62-47-20-12-13-21-49(47)74-58)52-56(68)73-53(42-18-10-5-11-19-42)51(41-16-8-4-9-17-41)65(52)54(60)43-27-31-45(32-28-43)72-35-34-66/h3-21,24-33,36-37,50-54,66H,34-35H2,1-2H3,(H,61,70)(H,62,63,67)/t37-,50-,51-,52-,53+,54+,60-/m1/s1. The van der Waals surface area contributed by atoms with Crippen LogP contribution < -0.4 is 25.0 Å². The highest BCUT2D eigenvalue weighted by Gasteiger charge is 2.75. The number of nitrogens with zero attached hydrogens (tertiary/aromatic N) is 3. The van der Waals surface area contributed by atoms with E-state index in [1.54, 1.807) is 37.4 Å². The molecule has 0 radical (unpaired) electrons. The number of thiazole rings is 1. The van der Waals surface area contributed by atoms with Gasteiger partial charge in [-0.25, -0.2) is 14.7 Å². The molecule has 3 N–H and O–H groups in total. The number of anilines is 2. The summed E-state index contributed by atoms with van der Waals surface area (Å²) in [4.78, 5) is 71.7. The monoisotopic (exact) mass is 999 g/mol. The van der Waals surface area contributed by atoms with Gasteiger partial charge < -0.3 is 30.0 Å². The van der Waals surface area contributed by atoms with Crippen molar-refractivity contribution < 1.29 is 38.5 Å². The summed E-state index contributed by atoms with van der Waals surface area (Å²) in [6.45, 7) is 1.65. The van der Waals surface area contributed by atoms with E-state index in [9.17, 15) is 5.11 Å². The topological polar surface area (TPSA) is 160 Å². The first-order valence-corrected chi connectivity index (χ1v) is 25.1. The van der Waals surface area contributed by atoms with Crippen molar-refractivity contribution in [3.05, 3.63) is 221 Å². The van der Waals surface area contributed by atoms with Crippen LogP contribution in [-0.2, 0) is 24.5 Å². The summed E-state index contributed by atoms with van der Waals surface area (Å²) in [5.41, 5.74) is 3.10. The highest BCUT2D eigenvalue weighted by Crippen LogP contribution is 2.66. The van der Waals surface area contributed by atoms with E-state index in [0.29, 0.717) is 44.8 Å². The van der Waals surface area contributed by atoms with Crippen molar-refractivity contribution in [2.75, 3.05) is 30.5 Å². The minimum atomic E-state index is -2.06. The second-order valence-electron chi connectivity index (χ2n) is 18.3. The van der Waals surface area contributed by atoms with E-state index >= 15 is 19.2 Å². The number of aliphatic hydroxyl groups excluding tert-OH is 1. The number of esters is 1. The molecule has 7 aromatic carbocycles. The number of urea groups is 1. The van der Waals surface area contributed by atoms with Gasteiger partial charge in [0.25, 0.3) is 0 Å². The van der Waals surface area contributed by atoms with E-state index < -0.39 is 65.4 Å². The molecule has 0 unspecified atom stereocenters. The number of amides is 4. The zero-order chi connectivity index (χ0) is 50.9. The number of methoxy groups -OCH3 is 1. The van der Waals surface area contributed by atoms with Gasteiger partial charge in [0.2, 0.25) is 11.8 Å². The molecule has 1 aromatic heterocycles. The van der Waals surface area contributed by atoms with Gasteiger partial charge in [0, 0.05) is 11.1 Å². The summed E-state index contributed by atoms with van der Waals surface area (Å²) in [5.74, 6) is 3.93. The van der Waals surface area contributed by atoms with Gasteiger partial charge in [-0.3, -0.25) is 19.3 Å². The van der Waals surface area contributed by atoms with Crippen LogP contribution in [0.1, 0.15) is 70.1 Å². The molecule has 4 amide bonds. The number of rotatable bonds is 11. The lowest BCUT2D eigenvalue weighted by molar-refractivity contribution is -0.177. The van der Waals surface area contributed by atoms with E-state index in [2.05, 4.69) is 22.5 Å². The molecule has 1 spiro atoms. The van der Waals surface area contributed by atoms with Gasteiger partial charge in [-0.1, -0.05) is 138 Å². The minimum Gasteiger partial charge on any atom is -0.497 e. The van der Waals surface area contributed by atoms with Gasteiger partial charge in [-0.05, 0) is 101 Å². The molecule has 8 aromatic rings. The highest BCUT2D eigenvalue weighted by molar-refractivity contribution is 7.22. The Morgan fingerprint density at radius 1 is 0.757 bits per heavy atom. The predicted octanol–water partition coefficient (Wildman–Crippen LogP) is 9.85. The van der Waals surface area contributed by atoms with Crippen LogP contribution in [-0.4, -0.2) is 65.2 Å². The number of morpholine rings is 1. The minimum absolute atomic E-state index is 0.0350. The Kier molecular flexibility index (Phi) is 13.0. The number of carbonyl (C=O) groups excluding carboxylic acids is 4. The van der Waals surface area contributed by atoms with Gasteiger partial charge in [-0.2, -0.15) is 0 Å². The van der Waals surface area contributed by atoms with E-state index in [-0.39, 0.29) is 24.0 Å². The summed E-state index contributed by atoms with van der Waals surface area (Å²) in [6.07, 6.45) is -0.927. The van der Waals surface area contributed by atoms with E-state index in [1.165, 1.54) is 11.3 Å². The number of para-hydroxylation sites is 1. The number of cyclic esters (lactones) is 1. The van der Waals surface area contributed by atoms with Crippen LogP contribution in [0.15, 0.2) is 182 Å². The van der Waals surface area contributed by atoms with Gasteiger partial charge in [0.05, 0.1) is 53.7 Å². The summed E-state index contributed by atoms with van der Waals surface area (Å²) in [6, 6.07) is 50.8. The fraction of sp³-hybridized carbons (Fsp3) is 0.183. The SMILES string of the molecule is COc1ccc(C#Cc2ccc3c(c2)[C@]2(C(=O)N3C(=O)N[C@H](C)c3ccccc3)[C@H](c3ccc(OCCO)cc3)N3[C@H](c4ccccc4)[C@H](c4ccccc4)OC(=O)[C@H]3[C@@H]2C(=O)Nc2nc3ccccc3s2)cc1. The lowest BCUT2D eigenvalue weighted by atomic mass is 9.65. The molecule has 0 bridgehead atoms. The number of ether oxygens (including phenoxy) is 3. The quantitative estimate of drug-likeness (QED) is 0.0841. The second kappa shape index (κ2) is 20.1. The van der Waals surface area contributed by atoms with Crippen molar-refractivity contribution in [3.63, 3.8) is 0 Å². The zero-order valence-electron chi connectivity index (χ0n) is 40.3. The van der Waals surface area contributed by atoms with Crippen molar-refractivity contribution in [2.24, 2.45) is 5.92 Å². The molecular formula is C60H49N5O8S. The summed E-state index contributed by atoms with van der Waals surface area (Å²) in [5, 5.41) is 16.1. The van der Waals surface area contributed by atoms with Crippen LogP contribution in [0.4, 0.5) is 15.6 Å². The van der Waals surface area contributed by atoms with E-state index in [4.69, 9.17) is 19.2 Å². The van der Waals surface area contributed by atoms with Crippen LogP contribution in [0.5, 0.6) is 11.5 Å². The molecule has 368 valence electrons. The smallest absolute Gasteiger partial charge is 0.329 e. The third-order valence-corrected chi connectivity index (χ3v) is 15.1. The molecule has 11 rings (SSSR count). The molecule has 4 heterocycles. The third-order valence-electron chi connectivity index (χ3n) is 14.1. The normalized spacial score (nSPS) is 21.2. The maximum atomic E-state index is 16.8. The largest absolute Gasteiger partial charge is 0.497 e. The number of hydrogen-bond acceptors (Lipinski definition) is 11. The predicted molar refractivity (Wildman–Crippen MR) is 282 cm³/mol. The Morgan fingerprint density at radius 2 is 1.39 bits per heavy atom. The van der Waals surface area contributed by atoms with Gasteiger partial charge in [0.15, 0.2) is 5.13 Å². The number of fused-ring (bicyclic) bond motifs is 4. The number of benzene rings is 7. The molecule has 0 saturated carbocycles. The number of hydrogen-bond donors (Lipinski definition) is 3. The maximum Gasteiger partial charge on any atom is 0.329 e. The number of imide groups is 1. The molecule has 3 aliphatic rings. The maximum absolute atomic E-state index is 16.8. The van der Waals surface area contributed by atoms with Crippen LogP contribution in [0.2, 0.25) is 0 Å². The fourth-order valence-electron chi connectivity index (χ4n) is 10.9. The van der Waals surface area contributed by atoms with Crippen LogP contribution in [0.3, 0.4) is 0 Å². The average molecular weight is 1000 g/mol. The van der Waals surface area contributed by atoms with Gasteiger partial charge >= 0.3 is 12.0 Å². The molecule has 2 saturated heterocycles. The van der Waals surface area contributed by atoms with Crippen LogP contribution in [0.25, 0.3) is 10.2 Å². The van der Waals surface area contributed by atoms with Crippen LogP contribution >= 0.6 is 11.3 Å². The first-order chi connectivity index (χ1) is 36.2. The number of carbonyl (C=O) groups is 4. The molecule has 2 fully saturated rings. The average Bonchev–Trinajstić information content (AvgIpc) is 4.08. The van der Waals surface area contributed by atoms with Crippen molar-refractivity contribution in [3.8, 4) is 23.3 Å². The molecule has 14 heteroatoms. The van der Waals surface area contributed by atoms with Crippen molar-refractivity contribution in [1.82, 2.24) is 15.2 Å². The number of aromatic nitrogens is 1. The zero-order valence-corrected chi connectivity index (χ0v) is 41.1. The molecular weight excluding hydrogens is 951 g/mol. The Morgan fingerprint density at radius 3 is 2.08 bits per heavy atom. The summed E-state index contributed by atoms with van der Waals surface area (Å²) >= 11 is 1.26. The first kappa shape index (κ1) is 47.7. The Hall–Kier alpha value is -8.61. The Bertz CT molecular complexity index is 3420. The highest BCUT2D eigenvalue weighted by atomic mass is 32.1. The van der Waals surface area contributed by atoms with Crippen molar-refractivity contribution in [1.29, 1.82) is 0 Å². The Balaban J connectivity index is 1.19. The molecule has 3 aliphatic heterocycles. The van der Waals surface area contributed by atoms with Gasteiger partial charge in [-0.15, -0.1) is 0 Å². The number of nitrogens with one attached hydrogen (secondary N) is 2. The summed E-state index contributed by atoms with van der Waals surface area (Å²) in [7, 11) is 1.59. The van der Waals surface area contributed by atoms with E-state index in [1.807, 2.05) is 163 Å². The molecule has 13 nitrogen and oxygen atoms in total. The molecule has 7 atom stereocenters. The van der Waals surface area contributed by atoms with Gasteiger partial charge in [0.1, 0.15) is 35.7 Å². The summed E-state index contributed by atoms with van der Waals surface area (Å²) < 4.78 is 18.7. The van der Waals surface area contributed by atoms with Crippen LogP contribution in [0, 0.1) is 17.8 Å². The second-order valence-corrected chi connectivity index (χ2v) is 19.3. The fourth-order valence-corrected chi connectivity index (χ4v) is 11.8. The van der Waals surface area contributed by atoms with Crippen molar-refractivity contribution >= 4 is 56.2 Å². The lowest BCUT2D eigenvalue weighted by Gasteiger charge is -2.46. The number of aliphatic hydroxyl groups is 1. The first-order valence-electron chi connectivity index (χ1n) is 24.3. The molecule has 0 aliphatic carbocycles. The molecule has 74 heavy (non-hydrogen) atoms. The Labute approximate surface area is 431 Å². The van der Waals surface area contributed by atoms with E-state index in [0.717, 1.165) is 20.7 Å². The van der Waals surface area contributed by atoms with Crippen molar-refractivity contribution in [2.45, 2.75) is 42.6 Å². The third kappa shape index (κ3) is 8.50. The lowest BCUT2D eigenvalue weighted by Crippen LogP contribution is -2.55.